The number of carbonyl (C=O) groups is 1. The second-order valence-electron chi connectivity index (χ2n) is 5.89. The highest BCUT2D eigenvalue weighted by Gasteiger charge is 2.67. The summed E-state index contributed by atoms with van der Waals surface area (Å²) in [7, 11) is 0. The Balaban J connectivity index is 1.95. The van der Waals surface area contributed by atoms with Gasteiger partial charge in [0.2, 0.25) is 5.79 Å². The van der Waals surface area contributed by atoms with Crippen molar-refractivity contribution >= 4 is 5.97 Å². The maximum absolute atomic E-state index is 11.4. The number of aliphatic hydroxyl groups is 2. The summed E-state index contributed by atoms with van der Waals surface area (Å²) in [5.74, 6) is -1.63. The van der Waals surface area contributed by atoms with Crippen LogP contribution in [0.1, 0.15) is 32.1 Å². The van der Waals surface area contributed by atoms with Gasteiger partial charge in [-0.2, -0.15) is 0 Å². The Morgan fingerprint density at radius 1 is 1.24 bits per heavy atom. The molecule has 4 rings (SSSR count). The molecule has 4 bridgehead atoms. The third kappa shape index (κ3) is 1.40. The molecule has 4 heteroatoms. The largest absolute Gasteiger partial charge is 0.450 e. The molecular weight excluding hydrogens is 220 g/mol. The first-order valence-electron chi connectivity index (χ1n) is 6.27. The van der Waals surface area contributed by atoms with Crippen molar-refractivity contribution in [3.63, 3.8) is 0 Å². The average Bonchev–Trinajstić information content (AvgIpc) is 2.25. The molecule has 4 fully saturated rings. The highest BCUT2D eigenvalue weighted by atomic mass is 16.6. The Kier molecular flexibility index (Phi) is 2.20. The molecule has 0 heterocycles. The van der Waals surface area contributed by atoms with Crippen molar-refractivity contribution < 1.29 is 19.7 Å². The molecule has 94 valence electrons. The van der Waals surface area contributed by atoms with Crippen LogP contribution < -0.4 is 0 Å². The average molecular weight is 238 g/mol. The van der Waals surface area contributed by atoms with E-state index in [1.165, 1.54) is 0 Å². The summed E-state index contributed by atoms with van der Waals surface area (Å²) in [6, 6.07) is 0. The fourth-order valence-electron chi connectivity index (χ4n) is 4.31. The summed E-state index contributed by atoms with van der Waals surface area (Å²) in [6.45, 7) is 3.37. The first kappa shape index (κ1) is 11.2. The van der Waals surface area contributed by atoms with Crippen LogP contribution in [0.25, 0.3) is 0 Å². The zero-order valence-corrected chi connectivity index (χ0v) is 9.76. The van der Waals surface area contributed by atoms with Crippen LogP contribution >= 0.6 is 0 Å². The Bertz CT molecular complexity index is 360. The zero-order valence-electron chi connectivity index (χ0n) is 9.76. The van der Waals surface area contributed by atoms with E-state index in [1.807, 2.05) is 0 Å². The van der Waals surface area contributed by atoms with Gasteiger partial charge in [-0.25, -0.2) is 4.79 Å². The van der Waals surface area contributed by atoms with Gasteiger partial charge >= 0.3 is 5.97 Å². The lowest BCUT2D eigenvalue weighted by atomic mass is 9.51. The minimum atomic E-state index is -1.86. The lowest BCUT2D eigenvalue weighted by Crippen LogP contribution is -2.70. The third-order valence-electron chi connectivity index (χ3n) is 4.84. The minimum absolute atomic E-state index is 0.147. The van der Waals surface area contributed by atoms with E-state index in [4.69, 9.17) is 4.74 Å². The summed E-state index contributed by atoms with van der Waals surface area (Å²) < 4.78 is 5.36. The molecule has 2 unspecified atom stereocenters. The maximum atomic E-state index is 11.4. The number of hydrogen-bond acceptors (Lipinski definition) is 4. The van der Waals surface area contributed by atoms with Crippen molar-refractivity contribution in [1.82, 2.24) is 0 Å². The molecule has 0 aromatic heterocycles. The van der Waals surface area contributed by atoms with Gasteiger partial charge in [-0.1, -0.05) is 6.58 Å². The number of ether oxygens (including phenoxy) is 1. The molecular formula is C13H18O4. The van der Waals surface area contributed by atoms with Gasteiger partial charge in [-0.3, -0.25) is 0 Å². The van der Waals surface area contributed by atoms with E-state index in [0.29, 0.717) is 24.7 Å². The lowest BCUT2D eigenvalue weighted by molar-refractivity contribution is -0.359. The maximum Gasteiger partial charge on any atom is 0.330 e. The molecule has 0 aliphatic heterocycles. The van der Waals surface area contributed by atoms with E-state index in [2.05, 4.69) is 6.58 Å². The number of hydrogen-bond donors (Lipinski definition) is 2. The minimum Gasteiger partial charge on any atom is -0.450 e. The van der Waals surface area contributed by atoms with E-state index in [9.17, 15) is 15.0 Å². The first-order valence-corrected chi connectivity index (χ1v) is 6.27. The summed E-state index contributed by atoms with van der Waals surface area (Å²) >= 11 is 0. The molecule has 0 spiro atoms. The van der Waals surface area contributed by atoms with Crippen LogP contribution in [0.5, 0.6) is 0 Å². The predicted octanol–water partition coefficient (Wildman–Crippen LogP) is 0.975. The third-order valence-corrected chi connectivity index (χ3v) is 4.84. The van der Waals surface area contributed by atoms with Gasteiger partial charge in [-0.15, -0.1) is 0 Å². The van der Waals surface area contributed by atoms with Gasteiger partial charge in [0.15, 0.2) is 5.60 Å². The molecule has 4 aliphatic rings. The second kappa shape index (κ2) is 3.33. The van der Waals surface area contributed by atoms with E-state index < -0.39 is 17.4 Å². The van der Waals surface area contributed by atoms with Gasteiger partial charge in [0.05, 0.1) is 0 Å². The van der Waals surface area contributed by atoms with E-state index in [1.54, 1.807) is 0 Å². The predicted molar refractivity (Wildman–Crippen MR) is 59.7 cm³/mol. The molecule has 0 aromatic carbocycles. The molecule has 4 nitrogen and oxygen atoms in total. The van der Waals surface area contributed by atoms with Gasteiger partial charge in [-0.05, 0) is 43.9 Å². The quantitative estimate of drug-likeness (QED) is 0.427. The molecule has 0 aromatic rings. The van der Waals surface area contributed by atoms with Crippen LogP contribution in [0, 0.1) is 17.8 Å². The summed E-state index contributed by atoms with van der Waals surface area (Å²) in [6.07, 6.45) is 5.07. The van der Waals surface area contributed by atoms with E-state index in [-0.39, 0.29) is 5.92 Å². The Hall–Kier alpha value is -0.870. The van der Waals surface area contributed by atoms with Crippen LogP contribution in [0.3, 0.4) is 0 Å². The lowest BCUT2D eigenvalue weighted by Gasteiger charge is -2.61. The van der Waals surface area contributed by atoms with Crippen LogP contribution in [-0.4, -0.2) is 27.6 Å². The van der Waals surface area contributed by atoms with E-state index in [0.717, 1.165) is 25.3 Å². The van der Waals surface area contributed by atoms with Gasteiger partial charge in [0.1, 0.15) is 0 Å². The van der Waals surface area contributed by atoms with Crippen molar-refractivity contribution in [3.8, 4) is 0 Å². The fourth-order valence-corrected chi connectivity index (χ4v) is 4.31. The molecule has 2 atom stereocenters. The Labute approximate surface area is 100 Å². The number of carbonyl (C=O) groups excluding carboxylic acids is 1. The van der Waals surface area contributed by atoms with Gasteiger partial charge in [0, 0.05) is 12.0 Å². The normalized spacial score (nSPS) is 45.6. The van der Waals surface area contributed by atoms with E-state index >= 15 is 0 Å². The topological polar surface area (TPSA) is 66.8 Å². The van der Waals surface area contributed by atoms with Crippen LogP contribution in [-0.2, 0) is 9.53 Å². The molecule has 0 saturated heterocycles. The SMILES string of the molecule is C=CC(=O)OC12CC3CC(CC(C3)C1(O)O)C2. The summed E-state index contributed by atoms with van der Waals surface area (Å²) in [5.41, 5.74) is -1.09. The van der Waals surface area contributed by atoms with Crippen LogP contribution in [0.15, 0.2) is 12.7 Å². The van der Waals surface area contributed by atoms with Gasteiger partial charge in [0.25, 0.3) is 0 Å². The Morgan fingerprint density at radius 2 is 1.82 bits per heavy atom. The van der Waals surface area contributed by atoms with Crippen molar-refractivity contribution in [2.24, 2.45) is 17.8 Å². The van der Waals surface area contributed by atoms with Crippen molar-refractivity contribution in [2.45, 2.75) is 43.5 Å². The second-order valence-corrected chi connectivity index (χ2v) is 5.89. The van der Waals surface area contributed by atoms with Crippen molar-refractivity contribution in [2.75, 3.05) is 0 Å². The van der Waals surface area contributed by atoms with Crippen LogP contribution in [0.2, 0.25) is 0 Å². The molecule has 2 N–H and O–H groups in total. The first-order chi connectivity index (χ1) is 7.97. The molecule has 0 amide bonds. The number of rotatable bonds is 2. The number of esters is 1. The molecule has 4 saturated carbocycles. The Morgan fingerprint density at radius 3 is 2.35 bits per heavy atom. The van der Waals surface area contributed by atoms with Gasteiger partial charge < -0.3 is 14.9 Å². The molecule has 17 heavy (non-hydrogen) atoms. The highest BCUT2D eigenvalue weighted by Crippen LogP contribution is 2.60. The zero-order chi connectivity index (χ0) is 12.3. The molecule has 4 aliphatic carbocycles. The molecule has 0 radical (unpaired) electrons. The van der Waals surface area contributed by atoms with Crippen molar-refractivity contribution in [1.29, 1.82) is 0 Å². The smallest absolute Gasteiger partial charge is 0.330 e. The highest BCUT2D eigenvalue weighted by molar-refractivity contribution is 5.81. The van der Waals surface area contributed by atoms with Crippen LogP contribution in [0.4, 0.5) is 0 Å². The monoisotopic (exact) mass is 238 g/mol. The van der Waals surface area contributed by atoms with Crippen molar-refractivity contribution in [3.05, 3.63) is 12.7 Å². The fraction of sp³-hybridized carbons (Fsp3) is 0.769. The standard InChI is InChI=1S/C13H18O4/c1-2-11(14)17-12-6-8-3-9(7-12)5-10(4-8)13(12,15)16/h2,8-10,15-16H,1,3-7H2. The summed E-state index contributed by atoms with van der Waals surface area (Å²) in [4.78, 5) is 11.4. The summed E-state index contributed by atoms with van der Waals surface area (Å²) in [5, 5.41) is 20.7.